The van der Waals surface area contributed by atoms with Crippen LogP contribution in [0.5, 0.6) is 0 Å². The summed E-state index contributed by atoms with van der Waals surface area (Å²) in [6.45, 7) is 1.05. The third-order valence-corrected chi connectivity index (χ3v) is 2.19. The van der Waals surface area contributed by atoms with E-state index in [9.17, 15) is 13.2 Å². The van der Waals surface area contributed by atoms with E-state index in [1.165, 1.54) is 7.11 Å². The molecule has 1 saturated heterocycles. The number of halogens is 3. The monoisotopic (exact) mass is 183 g/mol. The van der Waals surface area contributed by atoms with Crippen molar-refractivity contribution in [3.63, 3.8) is 0 Å². The predicted molar refractivity (Wildman–Crippen MR) is 37.9 cm³/mol. The van der Waals surface area contributed by atoms with Crippen LogP contribution in [0.3, 0.4) is 0 Å². The first-order chi connectivity index (χ1) is 5.47. The quantitative estimate of drug-likeness (QED) is 0.712. The number of hydrogen-bond donors (Lipinski definition) is 1. The molecule has 1 aliphatic heterocycles. The molecule has 0 unspecified atom stereocenters. The Morgan fingerprint density at radius 2 is 2.00 bits per heavy atom. The molecule has 5 heteroatoms. The van der Waals surface area contributed by atoms with Gasteiger partial charge in [0.1, 0.15) is 0 Å². The van der Waals surface area contributed by atoms with Gasteiger partial charge < -0.3 is 10.1 Å². The SMILES string of the molecule is COC1(CCC(F)(F)F)CNC1. The van der Waals surface area contributed by atoms with E-state index in [4.69, 9.17) is 4.74 Å². The molecular formula is C7H12F3NO. The van der Waals surface area contributed by atoms with E-state index >= 15 is 0 Å². The van der Waals surface area contributed by atoms with Crippen LogP contribution in [0.1, 0.15) is 12.8 Å². The van der Waals surface area contributed by atoms with Crippen molar-refractivity contribution in [1.82, 2.24) is 5.32 Å². The highest BCUT2D eigenvalue weighted by Crippen LogP contribution is 2.29. The van der Waals surface area contributed by atoms with Crippen LogP contribution >= 0.6 is 0 Å². The Balaban J connectivity index is 2.30. The minimum Gasteiger partial charge on any atom is -0.376 e. The van der Waals surface area contributed by atoms with Crippen LogP contribution in [0, 0.1) is 0 Å². The normalized spacial score (nSPS) is 22.0. The lowest BCUT2D eigenvalue weighted by molar-refractivity contribution is -0.155. The summed E-state index contributed by atoms with van der Waals surface area (Å²) in [6.07, 6.45) is -4.77. The molecule has 0 aromatic heterocycles. The van der Waals surface area contributed by atoms with Crippen molar-refractivity contribution in [1.29, 1.82) is 0 Å². The third-order valence-electron chi connectivity index (χ3n) is 2.19. The van der Waals surface area contributed by atoms with Gasteiger partial charge in [-0.1, -0.05) is 0 Å². The fraction of sp³-hybridized carbons (Fsp3) is 1.00. The maximum absolute atomic E-state index is 11.8. The molecule has 1 rings (SSSR count). The number of alkyl halides is 3. The average Bonchev–Trinajstić information content (AvgIpc) is 1.84. The van der Waals surface area contributed by atoms with E-state index in [2.05, 4.69) is 5.32 Å². The summed E-state index contributed by atoms with van der Waals surface area (Å²) in [4.78, 5) is 0. The second-order valence-corrected chi connectivity index (χ2v) is 3.11. The van der Waals surface area contributed by atoms with Gasteiger partial charge in [-0.15, -0.1) is 0 Å². The molecule has 0 spiro atoms. The van der Waals surface area contributed by atoms with E-state index in [1.54, 1.807) is 0 Å². The molecular weight excluding hydrogens is 171 g/mol. The average molecular weight is 183 g/mol. The summed E-state index contributed by atoms with van der Waals surface area (Å²) in [7, 11) is 1.46. The Hall–Kier alpha value is -0.290. The number of hydrogen-bond acceptors (Lipinski definition) is 2. The zero-order valence-electron chi connectivity index (χ0n) is 6.87. The van der Waals surface area contributed by atoms with Crippen LogP contribution in [0.15, 0.2) is 0 Å². The van der Waals surface area contributed by atoms with E-state index in [-0.39, 0.29) is 6.42 Å². The van der Waals surface area contributed by atoms with Crippen LogP contribution in [0.4, 0.5) is 13.2 Å². The van der Waals surface area contributed by atoms with Crippen LogP contribution in [0.25, 0.3) is 0 Å². The zero-order chi connectivity index (χ0) is 9.24. The Kier molecular flexibility index (Phi) is 2.63. The van der Waals surface area contributed by atoms with Crippen molar-refractivity contribution < 1.29 is 17.9 Å². The molecule has 1 heterocycles. The maximum atomic E-state index is 11.8. The van der Waals surface area contributed by atoms with Gasteiger partial charge in [0, 0.05) is 26.6 Å². The fourth-order valence-corrected chi connectivity index (χ4v) is 1.20. The van der Waals surface area contributed by atoms with Gasteiger partial charge in [-0.25, -0.2) is 0 Å². The molecule has 72 valence electrons. The third kappa shape index (κ3) is 2.35. The number of ether oxygens (including phenoxy) is 1. The van der Waals surface area contributed by atoms with Gasteiger partial charge in [0.05, 0.1) is 5.60 Å². The molecule has 0 aromatic rings. The Bertz CT molecular complexity index is 148. The predicted octanol–water partition coefficient (Wildman–Crippen LogP) is 1.32. The number of rotatable bonds is 3. The van der Waals surface area contributed by atoms with Gasteiger partial charge in [-0.2, -0.15) is 13.2 Å². The largest absolute Gasteiger partial charge is 0.389 e. The molecule has 1 aliphatic rings. The molecule has 0 saturated carbocycles. The van der Waals surface area contributed by atoms with Crippen LogP contribution in [-0.4, -0.2) is 32.0 Å². The first-order valence-electron chi connectivity index (χ1n) is 3.80. The lowest BCUT2D eigenvalue weighted by Crippen LogP contribution is -2.60. The van der Waals surface area contributed by atoms with Crippen molar-refractivity contribution >= 4 is 0 Å². The van der Waals surface area contributed by atoms with Crippen molar-refractivity contribution in [2.24, 2.45) is 0 Å². The molecule has 0 radical (unpaired) electrons. The first-order valence-corrected chi connectivity index (χ1v) is 3.80. The van der Waals surface area contributed by atoms with Gasteiger partial charge in [0.2, 0.25) is 0 Å². The maximum Gasteiger partial charge on any atom is 0.389 e. The van der Waals surface area contributed by atoms with E-state index in [0.717, 1.165) is 0 Å². The number of methoxy groups -OCH3 is 1. The Labute approximate surface area is 69.1 Å². The van der Waals surface area contributed by atoms with Crippen molar-refractivity contribution in [2.75, 3.05) is 20.2 Å². The highest BCUT2D eigenvalue weighted by Gasteiger charge is 2.40. The molecule has 0 aliphatic carbocycles. The van der Waals surface area contributed by atoms with Crippen molar-refractivity contribution in [3.8, 4) is 0 Å². The molecule has 0 amide bonds. The molecule has 0 aromatic carbocycles. The van der Waals surface area contributed by atoms with Crippen LogP contribution in [0.2, 0.25) is 0 Å². The zero-order valence-corrected chi connectivity index (χ0v) is 6.87. The second kappa shape index (κ2) is 3.22. The van der Waals surface area contributed by atoms with Gasteiger partial charge in [-0.3, -0.25) is 0 Å². The van der Waals surface area contributed by atoms with E-state index in [1.807, 2.05) is 0 Å². The molecule has 1 N–H and O–H groups in total. The smallest absolute Gasteiger partial charge is 0.376 e. The van der Waals surface area contributed by atoms with Gasteiger partial charge in [0.15, 0.2) is 0 Å². The first kappa shape index (κ1) is 9.80. The lowest BCUT2D eigenvalue weighted by Gasteiger charge is -2.41. The summed E-state index contributed by atoms with van der Waals surface area (Å²) >= 11 is 0. The summed E-state index contributed by atoms with van der Waals surface area (Å²) in [6, 6.07) is 0. The summed E-state index contributed by atoms with van der Waals surface area (Å²) < 4.78 is 40.4. The van der Waals surface area contributed by atoms with Gasteiger partial charge >= 0.3 is 6.18 Å². The molecule has 2 nitrogen and oxygen atoms in total. The summed E-state index contributed by atoms with van der Waals surface area (Å²) in [5.74, 6) is 0. The standard InChI is InChI=1S/C7H12F3NO/c1-12-6(4-11-5-6)2-3-7(8,9)10/h11H,2-5H2,1H3. The van der Waals surface area contributed by atoms with E-state index < -0.39 is 18.2 Å². The minimum atomic E-state index is -4.07. The molecule has 1 fully saturated rings. The van der Waals surface area contributed by atoms with Crippen LogP contribution < -0.4 is 5.32 Å². The highest BCUT2D eigenvalue weighted by atomic mass is 19.4. The Morgan fingerprint density at radius 1 is 1.42 bits per heavy atom. The van der Waals surface area contributed by atoms with Crippen molar-refractivity contribution in [3.05, 3.63) is 0 Å². The second-order valence-electron chi connectivity index (χ2n) is 3.11. The molecule has 0 bridgehead atoms. The fourth-order valence-electron chi connectivity index (χ4n) is 1.20. The summed E-state index contributed by atoms with van der Waals surface area (Å²) in [5.41, 5.74) is -0.560. The van der Waals surface area contributed by atoms with E-state index in [0.29, 0.717) is 13.1 Å². The number of nitrogens with one attached hydrogen (secondary N) is 1. The van der Waals surface area contributed by atoms with Gasteiger partial charge in [0.25, 0.3) is 0 Å². The summed E-state index contributed by atoms with van der Waals surface area (Å²) in [5, 5.41) is 2.90. The lowest BCUT2D eigenvalue weighted by atomic mass is 9.91. The Morgan fingerprint density at radius 3 is 2.25 bits per heavy atom. The van der Waals surface area contributed by atoms with Crippen LogP contribution in [-0.2, 0) is 4.74 Å². The van der Waals surface area contributed by atoms with Gasteiger partial charge in [-0.05, 0) is 6.42 Å². The van der Waals surface area contributed by atoms with Crippen molar-refractivity contribution in [2.45, 2.75) is 24.6 Å². The topological polar surface area (TPSA) is 21.3 Å². The highest BCUT2D eigenvalue weighted by molar-refractivity contribution is 4.94. The minimum absolute atomic E-state index is 0.0556. The molecule has 0 atom stereocenters. The molecule has 12 heavy (non-hydrogen) atoms.